The molecule has 0 fully saturated rings. The summed E-state index contributed by atoms with van der Waals surface area (Å²) in [6, 6.07) is 0. The van der Waals surface area contributed by atoms with Gasteiger partial charge in [-0.25, -0.2) is 4.98 Å². The number of nitrogens with zero attached hydrogens (tertiary/aromatic N) is 3. The Morgan fingerprint density at radius 2 is 2.32 bits per heavy atom. The number of hydrogen-bond acceptors (Lipinski definition) is 5. The Kier molecular flexibility index (Phi) is 3.96. The van der Waals surface area contributed by atoms with Gasteiger partial charge in [-0.15, -0.1) is 11.3 Å². The standard InChI is InChI=1S/C12H15N3O3S/c1-3-14(4-5-16)10(17)9-6-13-12-15(11(9)18)7-8(2)19-12/h6-7,16H,3-5H2,1-2H3. The molecule has 0 aliphatic rings. The van der Waals surface area contributed by atoms with Gasteiger partial charge in [-0.3, -0.25) is 14.0 Å². The third-order valence-corrected chi connectivity index (χ3v) is 3.70. The van der Waals surface area contributed by atoms with Crippen LogP contribution in [0.5, 0.6) is 0 Å². The highest BCUT2D eigenvalue weighted by Gasteiger charge is 2.19. The number of aliphatic hydroxyl groups excluding tert-OH is 1. The maximum Gasteiger partial charge on any atom is 0.271 e. The first-order valence-corrected chi connectivity index (χ1v) is 6.78. The van der Waals surface area contributed by atoms with Crippen LogP contribution in [0.4, 0.5) is 0 Å². The Labute approximate surface area is 113 Å². The molecule has 7 heteroatoms. The number of aromatic nitrogens is 2. The van der Waals surface area contributed by atoms with Crippen molar-refractivity contribution >= 4 is 22.2 Å². The van der Waals surface area contributed by atoms with Crippen LogP contribution in [0.25, 0.3) is 4.96 Å². The van der Waals surface area contributed by atoms with Crippen molar-refractivity contribution in [3.05, 3.63) is 33.2 Å². The highest BCUT2D eigenvalue weighted by Crippen LogP contribution is 2.13. The number of aliphatic hydroxyl groups is 1. The number of hydrogen-bond donors (Lipinski definition) is 1. The molecule has 0 saturated carbocycles. The molecule has 2 rings (SSSR count). The van der Waals surface area contributed by atoms with Crippen LogP contribution in [0.3, 0.4) is 0 Å². The van der Waals surface area contributed by atoms with Crippen molar-refractivity contribution in [1.82, 2.24) is 14.3 Å². The van der Waals surface area contributed by atoms with E-state index in [4.69, 9.17) is 5.11 Å². The predicted octanol–water partition coefficient (Wildman–Crippen LogP) is 0.519. The summed E-state index contributed by atoms with van der Waals surface area (Å²) in [5.74, 6) is -0.396. The molecule has 1 N–H and O–H groups in total. The van der Waals surface area contributed by atoms with Crippen molar-refractivity contribution in [1.29, 1.82) is 0 Å². The summed E-state index contributed by atoms with van der Waals surface area (Å²) in [5.41, 5.74) is -0.332. The van der Waals surface area contributed by atoms with Crippen molar-refractivity contribution in [2.45, 2.75) is 13.8 Å². The smallest absolute Gasteiger partial charge is 0.271 e. The van der Waals surface area contributed by atoms with Crippen LogP contribution in [0.1, 0.15) is 22.2 Å². The highest BCUT2D eigenvalue weighted by atomic mass is 32.1. The summed E-state index contributed by atoms with van der Waals surface area (Å²) in [5, 5.41) is 8.92. The van der Waals surface area contributed by atoms with Crippen LogP contribution in [-0.4, -0.2) is 45.0 Å². The molecule has 0 bridgehead atoms. The summed E-state index contributed by atoms with van der Waals surface area (Å²) in [7, 11) is 0. The topological polar surface area (TPSA) is 74.9 Å². The maximum absolute atomic E-state index is 12.2. The minimum Gasteiger partial charge on any atom is -0.395 e. The van der Waals surface area contributed by atoms with E-state index in [9.17, 15) is 9.59 Å². The van der Waals surface area contributed by atoms with Gasteiger partial charge in [0.1, 0.15) is 5.56 Å². The number of thiazole rings is 1. The van der Waals surface area contributed by atoms with Crippen LogP contribution in [0.15, 0.2) is 17.2 Å². The molecule has 0 aliphatic heterocycles. The first-order valence-electron chi connectivity index (χ1n) is 5.96. The Balaban J connectivity index is 2.47. The van der Waals surface area contributed by atoms with Crippen molar-refractivity contribution < 1.29 is 9.90 Å². The number of aryl methyl sites for hydroxylation is 1. The largest absolute Gasteiger partial charge is 0.395 e. The number of carbonyl (C=O) groups excluding carboxylic acids is 1. The van der Waals surface area contributed by atoms with E-state index in [1.54, 1.807) is 13.1 Å². The number of carbonyl (C=O) groups is 1. The minimum absolute atomic E-state index is 0.0330. The molecule has 0 saturated heterocycles. The molecule has 0 unspecified atom stereocenters. The Morgan fingerprint density at radius 3 is 2.95 bits per heavy atom. The molecule has 0 spiro atoms. The van der Waals surface area contributed by atoms with E-state index in [0.717, 1.165) is 4.88 Å². The van der Waals surface area contributed by atoms with Crippen LogP contribution < -0.4 is 5.56 Å². The first-order chi connectivity index (χ1) is 9.08. The van der Waals surface area contributed by atoms with Gasteiger partial charge in [0.15, 0.2) is 4.96 Å². The van der Waals surface area contributed by atoms with Crippen molar-refractivity contribution in [2.24, 2.45) is 0 Å². The van der Waals surface area contributed by atoms with Gasteiger partial charge in [-0.05, 0) is 13.8 Å². The zero-order valence-corrected chi connectivity index (χ0v) is 11.6. The molecule has 0 atom stereocenters. The molecule has 2 heterocycles. The molecule has 0 radical (unpaired) electrons. The van der Waals surface area contributed by atoms with Crippen LogP contribution in [0, 0.1) is 6.92 Å². The van der Waals surface area contributed by atoms with Gasteiger partial charge >= 0.3 is 0 Å². The molecule has 6 nitrogen and oxygen atoms in total. The fourth-order valence-electron chi connectivity index (χ4n) is 1.84. The second-order valence-electron chi connectivity index (χ2n) is 4.08. The number of likely N-dealkylation sites (N-methyl/N-ethyl adjacent to an activating group) is 1. The Hall–Kier alpha value is -1.73. The van der Waals surface area contributed by atoms with E-state index in [1.165, 1.54) is 26.8 Å². The maximum atomic E-state index is 12.2. The van der Waals surface area contributed by atoms with E-state index in [0.29, 0.717) is 11.5 Å². The van der Waals surface area contributed by atoms with E-state index < -0.39 is 5.91 Å². The lowest BCUT2D eigenvalue weighted by Crippen LogP contribution is -2.37. The number of rotatable bonds is 4. The molecule has 19 heavy (non-hydrogen) atoms. The van der Waals surface area contributed by atoms with E-state index in [2.05, 4.69) is 4.98 Å². The van der Waals surface area contributed by atoms with E-state index >= 15 is 0 Å². The fraction of sp³-hybridized carbons (Fsp3) is 0.417. The zero-order valence-electron chi connectivity index (χ0n) is 10.8. The predicted molar refractivity (Wildman–Crippen MR) is 72.7 cm³/mol. The van der Waals surface area contributed by atoms with Crippen molar-refractivity contribution in [2.75, 3.05) is 19.7 Å². The fourth-order valence-corrected chi connectivity index (χ4v) is 2.62. The zero-order chi connectivity index (χ0) is 14.0. The van der Waals surface area contributed by atoms with E-state index in [-0.39, 0.29) is 24.3 Å². The molecule has 2 aromatic heterocycles. The summed E-state index contributed by atoms with van der Waals surface area (Å²) in [4.78, 5) is 31.5. The van der Waals surface area contributed by atoms with Gasteiger partial charge in [-0.1, -0.05) is 0 Å². The number of amides is 1. The molecule has 1 amide bonds. The average Bonchev–Trinajstić information content (AvgIpc) is 2.77. The van der Waals surface area contributed by atoms with Gasteiger partial charge in [-0.2, -0.15) is 0 Å². The normalized spacial score (nSPS) is 10.9. The highest BCUT2D eigenvalue weighted by molar-refractivity contribution is 7.16. The van der Waals surface area contributed by atoms with Crippen LogP contribution in [0.2, 0.25) is 0 Å². The average molecular weight is 281 g/mol. The minimum atomic E-state index is -0.396. The SMILES string of the molecule is CCN(CCO)C(=O)c1cnc2sc(C)cn2c1=O. The van der Waals surface area contributed by atoms with Gasteiger partial charge < -0.3 is 10.0 Å². The van der Waals surface area contributed by atoms with Gasteiger partial charge in [0.25, 0.3) is 11.5 Å². The summed E-state index contributed by atoms with van der Waals surface area (Å²) >= 11 is 1.40. The monoisotopic (exact) mass is 281 g/mol. The quantitative estimate of drug-likeness (QED) is 0.886. The Morgan fingerprint density at radius 1 is 1.58 bits per heavy atom. The first kappa shape index (κ1) is 13.7. The molecular weight excluding hydrogens is 266 g/mol. The van der Waals surface area contributed by atoms with E-state index in [1.807, 2.05) is 6.92 Å². The molecule has 0 aliphatic carbocycles. The second kappa shape index (κ2) is 5.50. The van der Waals surface area contributed by atoms with Gasteiger partial charge in [0, 0.05) is 30.4 Å². The molecule has 0 aromatic carbocycles. The van der Waals surface area contributed by atoms with Crippen LogP contribution in [-0.2, 0) is 0 Å². The van der Waals surface area contributed by atoms with Gasteiger partial charge in [0.2, 0.25) is 0 Å². The van der Waals surface area contributed by atoms with Crippen molar-refractivity contribution in [3.63, 3.8) is 0 Å². The molecular formula is C12H15N3O3S. The Bertz CT molecular complexity index is 662. The van der Waals surface area contributed by atoms with Crippen LogP contribution >= 0.6 is 11.3 Å². The summed E-state index contributed by atoms with van der Waals surface area (Å²) in [6.07, 6.45) is 2.99. The third kappa shape index (κ3) is 2.52. The molecule has 2 aromatic rings. The second-order valence-corrected chi connectivity index (χ2v) is 5.29. The lowest BCUT2D eigenvalue weighted by Gasteiger charge is -2.18. The van der Waals surface area contributed by atoms with Crippen molar-refractivity contribution in [3.8, 4) is 0 Å². The third-order valence-electron chi connectivity index (χ3n) is 2.79. The lowest BCUT2D eigenvalue weighted by atomic mass is 10.3. The number of fused-ring (bicyclic) bond motifs is 1. The lowest BCUT2D eigenvalue weighted by molar-refractivity contribution is 0.0729. The summed E-state index contributed by atoms with van der Waals surface area (Å²) < 4.78 is 1.39. The summed E-state index contributed by atoms with van der Waals surface area (Å²) in [6.45, 7) is 4.19. The van der Waals surface area contributed by atoms with Gasteiger partial charge in [0.05, 0.1) is 6.61 Å². The molecule has 102 valence electrons.